The third-order valence-corrected chi connectivity index (χ3v) is 10.1. The molecule has 4 nitrogen and oxygen atoms in total. The molecule has 0 unspecified atom stereocenters. The van der Waals surface area contributed by atoms with Crippen molar-refractivity contribution in [3.63, 3.8) is 0 Å². The molecule has 0 aliphatic rings. The number of hydrogen-bond donors (Lipinski definition) is 0. The number of pyridine rings is 2. The number of nitrogens with zero attached hydrogens (tertiary/aromatic N) is 4. The maximum absolute atomic E-state index is 9.72. The average molecular weight is 649 g/mol. The molecule has 0 amide bonds. The molecule has 0 fully saturated rings. The Morgan fingerprint density at radius 3 is 2.02 bits per heavy atom. The van der Waals surface area contributed by atoms with Crippen molar-refractivity contribution in [2.75, 3.05) is 0 Å². The van der Waals surface area contributed by atoms with Crippen molar-refractivity contribution in [2.24, 2.45) is 0 Å². The van der Waals surface area contributed by atoms with Gasteiger partial charge in [-0.15, -0.1) is 0 Å². The zero-order valence-electron chi connectivity index (χ0n) is 27.5. The number of aromatic nitrogens is 3. The smallest absolute Gasteiger partial charge is 0.0991 e. The van der Waals surface area contributed by atoms with E-state index in [1.165, 1.54) is 16.2 Å². The third-order valence-electron chi connectivity index (χ3n) is 10.1. The summed E-state index contributed by atoms with van der Waals surface area (Å²) in [5, 5.41) is 17.8. The summed E-state index contributed by atoms with van der Waals surface area (Å²) in [5.41, 5.74) is 11.3. The summed E-state index contributed by atoms with van der Waals surface area (Å²) in [7, 11) is 0. The molecule has 0 radical (unpaired) electrons. The van der Waals surface area contributed by atoms with Gasteiger partial charge in [-0.3, -0.25) is 4.98 Å². The van der Waals surface area contributed by atoms with Crippen molar-refractivity contribution in [3.8, 4) is 45.3 Å². The molecular formula is C47H28N4. The van der Waals surface area contributed by atoms with Gasteiger partial charge in [0.05, 0.1) is 33.9 Å². The number of fused-ring (bicyclic) bond motifs is 8. The molecule has 4 heteroatoms. The molecule has 3 heterocycles. The Hall–Kier alpha value is -7.09. The van der Waals surface area contributed by atoms with Crippen LogP contribution >= 0.6 is 0 Å². The van der Waals surface area contributed by atoms with Gasteiger partial charge in [0.25, 0.3) is 0 Å². The second kappa shape index (κ2) is 11.5. The van der Waals surface area contributed by atoms with Crippen LogP contribution in [0.3, 0.4) is 0 Å². The van der Waals surface area contributed by atoms with Gasteiger partial charge in [-0.25, -0.2) is 4.98 Å². The first-order valence-electron chi connectivity index (χ1n) is 17.0. The zero-order valence-corrected chi connectivity index (χ0v) is 27.5. The maximum atomic E-state index is 9.72. The molecule has 0 spiro atoms. The van der Waals surface area contributed by atoms with E-state index in [1.807, 2.05) is 30.5 Å². The molecule has 51 heavy (non-hydrogen) atoms. The van der Waals surface area contributed by atoms with Crippen LogP contribution in [-0.2, 0) is 0 Å². The maximum Gasteiger partial charge on any atom is 0.0991 e. The average Bonchev–Trinajstić information content (AvgIpc) is 3.53. The highest BCUT2D eigenvalue weighted by molar-refractivity contribution is 6.22. The fourth-order valence-electron chi connectivity index (χ4n) is 7.66. The number of para-hydroxylation sites is 1. The van der Waals surface area contributed by atoms with Gasteiger partial charge in [0.1, 0.15) is 0 Å². The molecule has 0 bridgehead atoms. The second-order valence-corrected chi connectivity index (χ2v) is 13.0. The summed E-state index contributed by atoms with van der Waals surface area (Å²) < 4.78 is 2.28. The molecule has 0 N–H and O–H groups in total. The van der Waals surface area contributed by atoms with E-state index in [4.69, 9.17) is 4.98 Å². The monoisotopic (exact) mass is 648 g/mol. The summed E-state index contributed by atoms with van der Waals surface area (Å²) in [5.74, 6) is 0. The number of benzene rings is 7. The summed E-state index contributed by atoms with van der Waals surface area (Å²) in [6.45, 7) is 0. The van der Waals surface area contributed by atoms with E-state index in [0.717, 1.165) is 77.3 Å². The third kappa shape index (κ3) is 4.68. The molecule has 0 atom stereocenters. The van der Waals surface area contributed by atoms with Gasteiger partial charge in [0.2, 0.25) is 0 Å². The van der Waals surface area contributed by atoms with Crippen molar-refractivity contribution >= 4 is 54.3 Å². The van der Waals surface area contributed by atoms with E-state index in [9.17, 15) is 5.26 Å². The Kier molecular flexibility index (Phi) is 6.52. The SMILES string of the molecule is N#Cc1ccc2c(c1)c1cc(-c3ccc(-c4nc5cc(-c6cccnc6)ccc5c5c4ccc4ccccc45)cc3)ccc1n2-c1ccccc1. The summed E-state index contributed by atoms with van der Waals surface area (Å²) in [4.78, 5) is 9.69. The van der Waals surface area contributed by atoms with E-state index < -0.39 is 0 Å². The molecule has 7 aromatic carbocycles. The molecule has 0 aliphatic carbocycles. The van der Waals surface area contributed by atoms with Crippen molar-refractivity contribution in [2.45, 2.75) is 0 Å². The van der Waals surface area contributed by atoms with Crippen LogP contribution in [0.5, 0.6) is 0 Å². The van der Waals surface area contributed by atoms with Crippen LogP contribution in [0.15, 0.2) is 170 Å². The number of hydrogen-bond acceptors (Lipinski definition) is 3. The Labute approximate surface area is 294 Å². The molecule has 10 aromatic rings. The van der Waals surface area contributed by atoms with Gasteiger partial charge in [-0.2, -0.15) is 5.26 Å². The van der Waals surface area contributed by atoms with Crippen molar-refractivity contribution in [1.29, 1.82) is 5.26 Å². The molecule has 0 aliphatic heterocycles. The number of nitriles is 1. The van der Waals surface area contributed by atoms with Gasteiger partial charge < -0.3 is 4.57 Å². The lowest BCUT2D eigenvalue weighted by Gasteiger charge is -2.14. The molecule has 0 saturated carbocycles. The molecule has 10 rings (SSSR count). The Morgan fingerprint density at radius 1 is 0.490 bits per heavy atom. The minimum atomic E-state index is 0.653. The van der Waals surface area contributed by atoms with E-state index in [1.54, 1.807) is 6.20 Å². The zero-order chi connectivity index (χ0) is 33.9. The van der Waals surface area contributed by atoms with Gasteiger partial charge in [-0.1, -0.05) is 103 Å². The summed E-state index contributed by atoms with van der Waals surface area (Å²) >= 11 is 0. The minimum Gasteiger partial charge on any atom is -0.309 e. The fourth-order valence-corrected chi connectivity index (χ4v) is 7.66. The van der Waals surface area contributed by atoms with Crippen molar-refractivity contribution in [1.82, 2.24) is 14.5 Å². The van der Waals surface area contributed by atoms with Crippen LogP contribution < -0.4 is 0 Å². The first kappa shape index (κ1) is 28.9. The van der Waals surface area contributed by atoms with E-state index in [2.05, 4.69) is 149 Å². The molecular weight excluding hydrogens is 621 g/mol. The lowest BCUT2D eigenvalue weighted by Crippen LogP contribution is -1.93. The number of rotatable bonds is 4. The Morgan fingerprint density at radius 2 is 1.20 bits per heavy atom. The van der Waals surface area contributed by atoms with Crippen LogP contribution in [0.4, 0.5) is 0 Å². The van der Waals surface area contributed by atoms with E-state index >= 15 is 0 Å². The minimum absolute atomic E-state index is 0.653. The highest BCUT2D eigenvalue weighted by Gasteiger charge is 2.16. The van der Waals surface area contributed by atoms with Crippen LogP contribution in [0.25, 0.3) is 93.5 Å². The van der Waals surface area contributed by atoms with Crippen LogP contribution in [0, 0.1) is 11.3 Å². The largest absolute Gasteiger partial charge is 0.309 e. The van der Waals surface area contributed by atoms with Gasteiger partial charge in [0, 0.05) is 56.1 Å². The van der Waals surface area contributed by atoms with Crippen LogP contribution in [-0.4, -0.2) is 14.5 Å². The van der Waals surface area contributed by atoms with Crippen LogP contribution in [0.2, 0.25) is 0 Å². The molecule has 236 valence electrons. The lowest BCUT2D eigenvalue weighted by atomic mass is 9.93. The van der Waals surface area contributed by atoms with Crippen molar-refractivity contribution < 1.29 is 0 Å². The lowest BCUT2D eigenvalue weighted by molar-refractivity contribution is 1.18. The Bertz CT molecular complexity index is 3010. The topological polar surface area (TPSA) is 54.5 Å². The summed E-state index contributed by atoms with van der Waals surface area (Å²) in [6.07, 6.45) is 3.70. The molecule has 0 saturated heterocycles. The standard InChI is InChI=1S/C47H28N4/c48-28-30-12-22-44-41(25-30)42-26-34(19-23-45(42)51(44)37-9-2-1-3-10-37)31-13-15-33(16-14-31)47-40-21-17-32-7-4-5-11-38(32)46(40)39-20-18-35(27-43(39)50-47)36-8-6-24-49-29-36/h1-27,29H. The van der Waals surface area contributed by atoms with Gasteiger partial charge in [-0.05, 0) is 82.1 Å². The van der Waals surface area contributed by atoms with E-state index in [0.29, 0.717) is 5.56 Å². The predicted octanol–water partition coefficient (Wildman–Crippen LogP) is 11.9. The van der Waals surface area contributed by atoms with Crippen LogP contribution in [0.1, 0.15) is 5.56 Å². The normalized spacial score (nSPS) is 11.5. The van der Waals surface area contributed by atoms with Gasteiger partial charge >= 0.3 is 0 Å². The highest BCUT2D eigenvalue weighted by Crippen LogP contribution is 2.40. The summed E-state index contributed by atoms with van der Waals surface area (Å²) in [6, 6.07) is 57.7. The van der Waals surface area contributed by atoms with Gasteiger partial charge in [0.15, 0.2) is 0 Å². The fraction of sp³-hybridized carbons (Fsp3) is 0. The Balaban J connectivity index is 1.13. The second-order valence-electron chi connectivity index (χ2n) is 13.0. The van der Waals surface area contributed by atoms with Crippen molar-refractivity contribution in [3.05, 3.63) is 176 Å². The quantitative estimate of drug-likeness (QED) is 0.178. The first-order chi connectivity index (χ1) is 25.2. The highest BCUT2D eigenvalue weighted by atomic mass is 15.0. The van der Waals surface area contributed by atoms with E-state index in [-0.39, 0.29) is 0 Å². The predicted molar refractivity (Wildman–Crippen MR) is 210 cm³/mol. The molecule has 3 aromatic heterocycles. The first-order valence-corrected chi connectivity index (χ1v) is 17.0.